The standard InChI is InChI=1S/C34H68N2O2.2C2H4O2/c1-3-5-7-9-11-13-15-17-19-21-23-25-27-29-33(37)35-31-32-36-34(38)30-28-26-24-22-20-18-16-14-12-10-8-6-4-2;2*1-2(3)4/h3-32H2,1-2H3,(H,35,37)(H,36,38);2*1H3,(H,3,4). The highest BCUT2D eigenvalue weighted by Crippen LogP contribution is 2.14. The van der Waals surface area contributed by atoms with Crippen molar-refractivity contribution in [1.82, 2.24) is 10.6 Å². The Kier molecular flexibility index (Phi) is 45.0. The Morgan fingerprint density at radius 1 is 0.370 bits per heavy atom. The Balaban J connectivity index is -0.00000205. The van der Waals surface area contributed by atoms with Crippen LogP contribution in [0.15, 0.2) is 0 Å². The van der Waals surface area contributed by atoms with Crippen LogP contribution in [0.1, 0.15) is 207 Å². The number of hydrogen-bond acceptors (Lipinski definition) is 4. The van der Waals surface area contributed by atoms with Crippen LogP contribution in [-0.2, 0) is 19.2 Å². The van der Waals surface area contributed by atoms with Gasteiger partial charge in [-0.3, -0.25) is 19.2 Å². The van der Waals surface area contributed by atoms with Crippen LogP contribution in [0.4, 0.5) is 0 Å². The molecule has 0 fully saturated rings. The number of carboxylic acid groups (broad SMARTS) is 2. The molecule has 274 valence electrons. The van der Waals surface area contributed by atoms with Gasteiger partial charge in [-0.2, -0.15) is 0 Å². The van der Waals surface area contributed by atoms with E-state index in [0.717, 1.165) is 39.5 Å². The van der Waals surface area contributed by atoms with Gasteiger partial charge in [0.1, 0.15) is 0 Å². The second-order valence-corrected chi connectivity index (χ2v) is 12.7. The quantitative estimate of drug-likeness (QED) is 0.0549. The van der Waals surface area contributed by atoms with E-state index in [1.54, 1.807) is 0 Å². The minimum Gasteiger partial charge on any atom is -0.481 e. The summed E-state index contributed by atoms with van der Waals surface area (Å²) in [7, 11) is 0. The monoisotopic (exact) mass is 657 g/mol. The maximum Gasteiger partial charge on any atom is 0.300 e. The molecule has 0 radical (unpaired) electrons. The van der Waals surface area contributed by atoms with E-state index in [4.69, 9.17) is 19.8 Å². The molecule has 0 bridgehead atoms. The van der Waals surface area contributed by atoms with E-state index in [1.165, 1.54) is 141 Å². The SMILES string of the molecule is CC(=O)O.CC(=O)O.CCCCCCCCCCCCCCCC(=O)NCCNC(=O)CCCCCCCCCCCCCCC. The highest BCUT2D eigenvalue weighted by molar-refractivity contribution is 5.77. The van der Waals surface area contributed by atoms with Crippen molar-refractivity contribution in [2.45, 2.75) is 207 Å². The van der Waals surface area contributed by atoms with Crippen LogP contribution in [0.2, 0.25) is 0 Å². The zero-order chi connectivity index (χ0) is 34.9. The zero-order valence-electron chi connectivity index (χ0n) is 30.7. The molecule has 0 unspecified atom stereocenters. The third-order valence-corrected chi connectivity index (χ3v) is 7.78. The predicted molar refractivity (Wildman–Crippen MR) is 193 cm³/mol. The van der Waals surface area contributed by atoms with Crippen LogP contribution in [0, 0.1) is 0 Å². The molecule has 4 N–H and O–H groups in total. The Morgan fingerprint density at radius 3 is 0.739 bits per heavy atom. The zero-order valence-corrected chi connectivity index (χ0v) is 30.7. The van der Waals surface area contributed by atoms with Gasteiger partial charge in [-0.25, -0.2) is 0 Å². The van der Waals surface area contributed by atoms with Gasteiger partial charge < -0.3 is 20.8 Å². The normalized spacial score (nSPS) is 10.3. The fourth-order valence-electron chi connectivity index (χ4n) is 5.19. The van der Waals surface area contributed by atoms with E-state index in [1.807, 2.05) is 0 Å². The molecule has 0 aliphatic rings. The minimum absolute atomic E-state index is 0.124. The smallest absolute Gasteiger partial charge is 0.300 e. The Morgan fingerprint density at radius 2 is 0.543 bits per heavy atom. The van der Waals surface area contributed by atoms with Gasteiger partial charge in [-0.1, -0.05) is 168 Å². The molecule has 8 nitrogen and oxygen atoms in total. The van der Waals surface area contributed by atoms with Crippen molar-refractivity contribution in [1.29, 1.82) is 0 Å². The molecule has 0 rings (SSSR count). The second-order valence-electron chi connectivity index (χ2n) is 12.7. The van der Waals surface area contributed by atoms with Crippen molar-refractivity contribution in [3.8, 4) is 0 Å². The molecule has 0 saturated carbocycles. The fraction of sp³-hybridized carbons (Fsp3) is 0.895. The maximum absolute atomic E-state index is 12.0. The van der Waals surface area contributed by atoms with Gasteiger partial charge in [0.2, 0.25) is 11.8 Å². The molecule has 0 aliphatic carbocycles. The maximum atomic E-state index is 12.0. The molecule has 0 heterocycles. The van der Waals surface area contributed by atoms with Crippen molar-refractivity contribution in [3.05, 3.63) is 0 Å². The average molecular weight is 657 g/mol. The van der Waals surface area contributed by atoms with Crippen molar-refractivity contribution in [2.24, 2.45) is 0 Å². The molecule has 0 aromatic rings. The molecule has 8 heteroatoms. The number of carbonyl (C=O) groups is 4. The van der Waals surface area contributed by atoms with Gasteiger partial charge >= 0.3 is 0 Å². The van der Waals surface area contributed by atoms with Crippen molar-refractivity contribution < 1.29 is 29.4 Å². The minimum atomic E-state index is -0.833. The first kappa shape index (κ1) is 48.3. The van der Waals surface area contributed by atoms with Crippen LogP contribution >= 0.6 is 0 Å². The van der Waals surface area contributed by atoms with Crippen LogP contribution in [0.25, 0.3) is 0 Å². The molecule has 0 atom stereocenters. The second kappa shape index (κ2) is 42.9. The third kappa shape index (κ3) is 57.5. The summed E-state index contributed by atoms with van der Waals surface area (Å²) in [5, 5.41) is 20.7. The Bertz CT molecular complexity index is 608. The fourth-order valence-corrected chi connectivity index (χ4v) is 5.19. The van der Waals surface area contributed by atoms with Gasteiger partial charge in [-0.15, -0.1) is 0 Å². The van der Waals surface area contributed by atoms with E-state index in [-0.39, 0.29) is 11.8 Å². The molecule has 0 aromatic heterocycles. The van der Waals surface area contributed by atoms with Crippen LogP contribution in [0.5, 0.6) is 0 Å². The number of carbonyl (C=O) groups excluding carboxylic acids is 2. The van der Waals surface area contributed by atoms with E-state index in [9.17, 15) is 9.59 Å². The number of rotatable bonds is 31. The lowest BCUT2D eigenvalue weighted by Crippen LogP contribution is -2.34. The lowest BCUT2D eigenvalue weighted by molar-refractivity contribution is -0.135. The number of unbranched alkanes of at least 4 members (excludes halogenated alkanes) is 24. The van der Waals surface area contributed by atoms with Crippen LogP contribution in [-0.4, -0.2) is 47.1 Å². The lowest BCUT2D eigenvalue weighted by Gasteiger charge is -2.07. The summed E-state index contributed by atoms with van der Waals surface area (Å²) >= 11 is 0. The largest absolute Gasteiger partial charge is 0.481 e. The summed E-state index contributed by atoms with van der Waals surface area (Å²) in [4.78, 5) is 41.9. The molecule has 0 spiro atoms. The summed E-state index contributed by atoms with van der Waals surface area (Å²) in [6, 6.07) is 0. The van der Waals surface area contributed by atoms with E-state index in [0.29, 0.717) is 25.9 Å². The molecule has 0 saturated heterocycles. The molecule has 46 heavy (non-hydrogen) atoms. The number of aliphatic carboxylic acids is 2. The van der Waals surface area contributed by atoms with E-state index in [2.05, 4.69) is 24.5 Å². The van der Waals surface area contributed by atoms with Gasteiger partial charge in [0, 0.05) is 39.8 Å². The first-order chi connectivity index (χ1) is 22.2. The highest BCUT2D eigenvalue weighted by Gasteiger charge is 2.03. The molecule has 0 aliphatic heterocycles. The first-order valence-corrected chi connectivity index (χ1v) is 19.1. The average Bonchev–Trinajstić information content (AvgIpc) is 2.99. The van der Waals surface area contributed by atoms with Crippen molar-refractivity contribution >= 4 is 23.8 Å². The molecular weight excluding hydrogens is 580 g/mol. The summed E-state index contributed by atoms with van der Waals surface area (Å²) in [5.41, 5.74) is 0. The van der Waals surface area contributed by atoms with E-state index < -0.39 is 11.9 Å². The number of amides is 2. The first-order valence-electron chi connectivity index (χ1n) is 19.1. The molecular formula is C38H76N2O6. The lowest BCUT2D eigenvalue weighted by atomic mass is 10.0. The van der Waals surface area contributed by atoms with Crippen LogP contribution in [0.3, 0.4) is 0 Å². The predicted octanol–water partition coefficient (Wildman–Crippen LogP) is 10.4. The van der Waals surface area contributed by atoms with Gasteiger partial charge in [0.25, 0.3) is 11.9 Å². The van der Waals surface area contributed by atoms with E-state index >= 15 is 0 Å². The molecule has 0 aromatic carbocycles. The number of carboxylic acids is 2. The number of nitrogens with one attached hydrogen (secondary N) is 2. The number of hydrogen-bond donors (Lipinski definition) is 4. The van der Waals surface area contributed by atoms with Gasteiger partial charge in [0.15, 0.2) is 0 Å². The highest BCUT2D eigenvalue weighted by atomic mass is 16.4. The summed E-state index contributed by atoms with van der Waals surface area (Å²) in [6.45, 7) is 7.80. The van der Waals surface area contributed by atoms with Crippen LogP contribution < -0.4 is 10.6 Å². The molecule has 2 amide bonds. The summed E-state index contributed by atoms with van der Waals surface area (Å²) in [5.74, 6) is -1.42. The van der Waals surface area contributed by atoms with Gasteiger partial charge in [0.05, 0.1) is 0 Å². The Hall–Kier alpha value is -2.12. The Labute approximate surface area is 284 Å². The topological polar surface area (TPSA) is 133 Å². The van der Waals surface area contributed by atoms with Crippen molar-refractivity contribution in [2.75, 3.05) is 13.1 Å². The van der Waals surface area contributed by atoms with Crippen molar-refractivity contribution in [3.63, 3.8) is 0 Å². The summed E-state index contributed by atoms with van der Waals surface area (Å²) in [6.07, 6.45) is 35.6. The van der Waals surface area contributed by atoms with Gasteiger partial charge in [-0.05, 0) is 12.8 Å². The summed E-state index contributed by atoms with van der Waals surface area (Å²) < 4.78 is 0. The third-order valence-electron chi connectivity index (χ3n) is 7.78.